The number of unbranched alkanes of at least 4 members (excludes halogenated alkanes) is 12. The maximum absolute atomic E-state index is 13.4. The molecule has 0 aliphatic heterocycles. The maximum Gasteiger partial charge on any atom is 0.513 e. The van der Waals surface area contributed by atoms with Crippen molar-refractivity contribution in [2.24, 2.45) is 0 Å². The van der Waals surface area contributed by atoms with E-state index in [-0.39, 0.29) is 0 Å². The summed E-state index contributed by atoms with van der Waals surface area (Å²) in [6, 6.07) is 25.2. The van der Waals surface area contributed by atoms with Gasteiger partial charge in [0.2, 0.25) is 0 Å². The summed E-state index contributed by atoms with van der Waals surface area (Å²) in [7, 11) is 0. The molecule has 0 amide bonds. The Morgan fingerprint density at radius 2 is 0.690 bits per heavy atom. The van der Waals surface area contributed by atoms with Crippen LogP contribution in [0.2, 0.25) is 0 Å². The van der Waals surface area contributed by atoms with Gasteiger partial charge >= 0.3 is 12.3 Å². The molecule has 6 nitrogen and oxygen atoms in total. The number of rotatable bonds is 19. The fourth-order valence-corrected chi connectivity index (χ4v) is 8.25. The van der Waals surface area contributed by atoms with Crippen LogP contribution < -0.4 is 9.47 Å². The molecule has 0 N–H and O–H groups in total. The van der Waals surface area contributed by atoms with Crippen molar-refractivity contribution >= 4 is 55.4 Å². The van der Waals surface area contributed by atoms with Crippen LogP contribution in [-0.2, 0) is 9.47 Å². The van der Waals surface area contributed by atoms with E-state index in [1.807, 2.05) is 12.1 Å². The van der Waals surface area contributed by atoms with Crippen LogP contribution in [0.15, 0.2) is 72.8 Å². The number of fused-ring (bicyclic) bond motifs is 4. The minimum Gasteiger partial charge on any atom is -0.434 e. The van der Waals surface area contributed by atoms with Crippen LogP contribution in [0.5, 0.6) is 11.5 Å². The summed E-state index contributed by atoms with van der Waals surface area (Å²) in [4.78, 5) is 26.8. The number of benzene rings is 6. The summed E-state index contributed by atoms with van der Waals surface area (Å²) in [5.74, 6) is 0.984. The van der Waals surface area contributed by atoms with E-state index in [2.05, 4.69) is 102 Å². The van der Waals surface area contributed by atoms with Crippen molar-refractivity contribution in [1.82, 2.24) is 0 Å². The second-order valence-corrected chi connectivity index (χ2v) is 16.2. The van der Waals surface area contributed by atoms with E-state index in [4.69, 9.17) is 18.9 Å². The Kier molecular flexibility index (Phi) is 15.1. The molecule has 58 heavy (non-hydrogen) atoms. The molecule has 0 aliphatic carbocycles. The topological polar surface area (TPSA) is 71.1 Å². The van der Waals surface area contributed by atoms with Gasteiger partial charge in [-0.1, -0.05) is 174 Å². The first-order valence-corrected chi connectivity index (χ1v) is 21.8. The third-order valence-corrected chi connectivity index (χ3v) is 11.3. The molecule has 0 atom stereocenters. The Morgan fingerprint density at radius 3 is 1.05 bits per heavy atom. The summed E-state index contributed by atoms with van der Waals surface area (Å²) in [5, 5.41) is 7.11. The second kappa shape index (κ2) is 20.5. The first-order valence-electron chi connectivity index (χ1n) is 21.8. The van der Waals surface area contributed by atoms with Gasteiger partial charge < -0.3 is 18.9 Å². The van der Waals surface area contributed by atoms with E-state index in [0.29, 0.717) is 24.7 Å². The fraction of sp³-hybridized carbons (Fsp3) is 0.423. The van der Waals surface area contributed by atoms with Gasteiger partial charge in [-0.3, -0.25) is 0 Å². The Hall–Kier alpha value is -5.10. The molecule has 0 radical (unpaired) electrons. The predicted molar refractivity (Wildman–Crippen MR) is 241 cm³/mol. The number of hydrogen-bond donors (Lipinski definition) is 0. The number of aryl methyl sites for hydroxylation is 4. The number of ether oxygens (including phenoxy) is 4. The van der Waals surface area contributed by atoms with Gasteiger partial charge in [-0.25, -0.2) is 9.59 Å². The van der Waals surface area contributed by atoms with Crippen LogP contribution in [-0.4, -0.2) is 25.5 Å². The maximum atomic E-state index is 13.4. The lowest BCUT2D eigenvalue weighted by molar-refractivity contribution is 0.0972. The van der Waals surface area contributed by atoms with Crippen molar-refractivity contribution in [3.8, 4) is 22.6 Å². The summed E-state index contributed by atoms with van der Waals surface area (Å²) in [5.41, 5.74) is 6.30. The molecule has 6 heteroatoms. The van der Waals surface area contributed by atoms with Crippen LogP contribution in [0.25, 0.3) is 54.2 Å². The lowest BCUT2D eigenvalue weighted by Crippen LogP contribution is -2.12. The molecular formula is C52H62O6. The SMILES string of the molecule is CCCCCCCCCOC(=O)Oc1c2cc(C)ccc2c(-c2c3ccc(C)cc3c(OC(=O)OCCCCCCCCC)c3ccc(C)cc23)c2cc(C)ccc12. The zero-order chi connectivity index (χ0) is 41.0. The molecule has 0 saturated carbocycles. The average molecular weight is 783 g/mol. The highest BCUT2D eigenvalue weighted by Gasteiger charge is 2.25. The minimum atomic E-state index is -0.689. The Morgan fingerprint density at radius 1 is 0.379 bits per heavy atom. The third kappa shape index (κ3) is 10.3. The quantitative estimate of drug-likeness (QED) is 0.0353. The molecule has 0 saturated heterocycles. The highest BCUT2D eigenvalue weighted by atomic mass is 16.7. The molecule has 0 fully saturated rings. The lowest BCUT2D eigenvalue weighted by atomic mass is 9.84. The molecule has 6 rings (SSSR count). The van der Waals surface area contributed by atoms with Crippen LogP contribution in [0.3, 0.4) is 0 Å². The molecule has 6 aromatic carbocycles. The molecule has 306 valence electrons. The van der Waals surface area contributed by atoms with Crippen molar-refractivity contribution in [2.45, 2.75) is 131 Å². The molecular weight excluding hydrogens is 721 g/mol. The fourth-order valence-electron chi connectivity index (χ4n) is 8.25. The van der Waals surface area contributed by atoms with E-state index in [1.54, 1.807) is 0 Å². The highest BCUT2D eigenvalue weighted by molar-refractivity contribution is 6.27. The summed E-state index contributed by atoms with van der Waals surface area (Å²) in [6.45, 7) is 13.4. The monoisotopic (exact) mass is 782 g/mol. The Balaban J connectivity index is 1.42. The van der Waals surface area contributed by atoms with Crippen molar-refractivity contribution in [1.29, 1.82) is 0 Å². The average Bonchev–Trinajstić information content (AvgIpc) is 3.20. The van der Waals surface area contributed by atoms with Crippen LogP contribution in [0.1, 0.15) is 126 Å². The minimum absolute atomic E-state index is 0.330. The zero-order valence-corrected chi connectivity index (χ0v) is 35.7. The Labute approximate surface area is 345 Å². The van der Waals surface area contributed by atoms with Crippen molar-refractivity contribution in [3.05, 3.63) is 95.1 Å². The van der Waals surface area contributed by atoms with Crippen LogP contribution in [0.4, 0.5) is 9.59 Å². The number of carbonyl (C=O) groups excluding carboxylic acids is 2. The van der Waals surface area contributed by atoms with Crippen LogP contribution >= 0.6 is 0 Å². The summed E-state index contributed by atoms with van der Waals surface area (Å²) >= 11 is 0. The van der Waals surface area contributed by atoms with Crippen LogP contribution in [0, 0.1) is 27.7 Å². The van der Waals surface area contributed by atoms with E-state index in [0.717, 1.165) is 115 Å². The molecule has 0 aromatic heterocycles. The third-order valence-electron chi connectivity index (χ3n) is 11.3. The van der Waals surface area contributed by atoms with Gasteiger partial charge in [0.1, 0.15) is 11.5 Å². The van der Waals surface area contributed by atoms with Crippen molar-refractivity contribution in [3.63, 3.8) is 0 Å². The largest absolute Gasteiger partial charge is 0.513 e. The molecule has 0 spiro atoms. The standard InChI is InChI=1S/C52H62O6/c1-7-9-11-13-15-17-19-29-55-51(53)57-49-41-27-23-35(3)31-43(41)47(39-25-21-37(5)33-45(39)49)48-40-26-22-38(6)34-46(40)50(42-28-24-36(4)32-44(42)48)58-52(54)56-30-20-18-16-14-12-10-8-2/h21-28,31-34H,7-20,29-30H2,1-6H3. The van der Waals surface area contributed by atoms with Gasteiger partial charge in [0, 0.05) is 21.5 Å². The van der Waals surface area contributed by atoms with Gasteiger partial charge in [-0.15, -0.1) is 0 Å². The highest BCUT2D eigenvalue weighted by Crippen LogP contribution is 2.50. The Bertz CT molecular complexity index is 2210. The molecule has 0 unspecified atom stereocenters. The molecule has 0 heterocycles. The number of carbonyl (C=O) groups is 2. The predicted octanol–water partition coefficient (Wildman–Crippen LogP) is 15.7. The first-order chi connectivity index (χ1) is 28.2. The lowest BCUT2D eigenvalue weighted by Gasteiger charge is -2.22. The van der Waals surface area contributed by atoms with Gasteiger partial charge in [0.15, 0.2) is 0 Å². The summed E-state index contributed by atoms with van der Waals surface area (Å²) < 4.78 is 23.7. The number of hydrogen-bond acceptors (Lipinski definition) is 6. The first kappa shape index (κ1) is 42.5. The smallest absolute Gasteiger partial charge is 0.434 e. The van der Waals surface area contributed by atoms with Gasteiger partial charge in [0.05, 0.1) is 13.2 Å². The molecule has 6 aromatic rings. The summed E-state index contributed by atoms with van der Waals surface area (Å²) in [6.07, 6.45) is 14.5. The van der Waals surface area contributed by atoms with Gasteiger partial charge in [-0.2, -0.15) is 0 Å². The van der Waals surface area contributed by atoms with Crippen molar-refractivity contribution in [2.75, 3.05) is 13.2 Å². The zero-order valence-electron chi connectivity index (χ0n) is 35.7. The second-order valence-electron chi connectivity index (χ2n) is 16.2. The van der Waals surface area contributed by atoms with Gasteiger partial charge in [-0.05, 0) is 85.3 Å². The van der Waals surface area contributed by atoms with E-state index in [9.17, 15) is 9.59 Å². The van der Waals surface area contributed by atoms with Gasteiger partial charge in [0.25, 0.3) is 0 Å². The molecule has 0 bridgehead atoms. The van der Waals surface area contributed by atoms with Crippen molar-refractivity contribution < 1.29 is 28.5 Å². The van der Waals surface area contributed by atoms with E-state index >= 15 is 0 Å². The van der Waals surface area contributed by atoms with E-state index in [1.165, 1.54) is 51.4 Å². The molecule has 0 aliphatic rings. The van der Waals surface area contributed by atoms with E-state index < -0.39 is 12.3 Å². The normalized spacial score (nSPS) is 11.5.